The van der Waals surface area contributed by atoms with Crippen LogP contribution >= 0.6 is 0 Å². The lowest BCUT2D eigenvalue weighted by atomic mass is 9.68. The van der Waals surface area contributed by atoms with Gasteiger partial charge in [0.1, 0.15) is 0 Å². The highest BCUT2D eigenvalue weighted by molar-refractivity contribution is 6.26. The highest BCUT2D eigenvalue weighted by Gasteiger charge is 2.48. The van der Waals surface area contributed by atoms with Gasteiger partial charge in [-0.05, 0) is 259 Å². The minimum atomic E-state index is -0.578. The van der Waals surface area contributed by atoms with Crippen LogP contribution in [-0.2, 0) is 10.8 Å². The number of benzene rings is 25. The van der Waals surface area contributed by atoms with Gasteiger partial charge in [-0.25, -0.2) is 0 Å². The zero-order valence-electron chi connectivity index (χ0n) is 78.0. The summed E-state index contributed by atoms with van der Waals surface area (Å²) < 4.78 is 0. The van der Waals surface area contributed by atoms with Gasteiger partial charge in [-0.1, -0.05) is 497 Å². The third kappa shape index (κ3) is 13.5. The molecule has 0 fully saturated rings. The fourth-order valence-corrected chi connectivity index (χ4v) is 24.0. The molecule has 0 N–H and O–H groups in total. The van der Waals surface area contributed by atoms with Crippen molar-refractivity contribution in [3.63, 3.8) is 0 Å². The molecule has 0 aliphatic heterocycles. The first-order valence-electron chi connectivity index (χ1n) is 49.3. The van der Waals surface area contributed by atoms with E-state index in [1.54, 1.807) is 0 Å². The fraction of sp³-hybridized carbons (Fsp3) is 0.0143. The number of rotatable bonds is 18. The monoisotopic (exact) mass is 1800 g/mol. The van der Waals surface area contributed by atoms with Gasteiger partial charge in [0.25, 0.3) is 0 Å². The molecule has 25 aromatic rings. The average molecular weight is 1800 g/mol. The van der Waals surface area contributed by atoms with Crippen molar-refractivity contribution in [1.29, 1.82) is 0 Å². The van der Waals surface area contributed by atoms with Crippen molar-refractivity contribution in [1.82, 2.24) is 0 Å². The van der Waals surface area contributed by atoms with E-state index in [-0.39, 0.29) is 0 Å². The number of hydrogen-bond donors (Lipinski definition) is 0. The molecule has 0 bridgehead atoms. The van der Waals surface area contributed by atoms with Gasteiger partial charge in [0, 0.05) is 44.6 Å². The van der Waals surface area contributed by atoms with Crippen LogP contribution in [0, 0.1) is 0 Å². The molecule has 142 heavy (non-hydrogen) atoms. The first-order chi connectivity index (χ1) is 70.4. The first-order valence-corrected chi connectivity index (χ1v) is 49.3. The summed E-state index contributed by atoms with van der Waals surface area (Å²) in [5.74, 6) is 0. The second kappa shape index (κ2) is 34.4. The topological polar surface area (TPSA) is 6.48 Å². The van der Waals surface area contributed by atoms with Crippen molar-refractivity contribution in [3.8, 4) is 111 Å². The lowest BCUT2D eigenvalue weighted by Gasteiger charge is -2.34. The Kier molecular flexibility index (Phi) is 20.1. The maximum absolute atomic E-state index is 2.59. The maximum Gasteiger partial charge on any atom is 0.0713 e. The van der Waals surface area contributed by atoms with Gasteiger partial charge in [-0.15, -0.1) is 0 Å². The Balaban J connectivity index is 0.571. The van der Waals surface area contributed by atoms with E-state index >= 15 is 0 Å². The first kappa shape index (κ1) is 83.1. The average Bonchev–Trinajstić information content (AvgIpc) is 1.46. The van der Waals surface area contributed by atoms with Crippen molar-refractivity contribution in [3.05, 3.63) is 603 Å². The molecule has 0 heterocycles. The lowest BCUT2D eigenvalue weighted by Crippen LogP contribution is -2.28. The predicted molar refractivity (Wildman–Crippen MR) is 599 cm³/mol. The third-order valence-electron chi connectivity index (χ3n) is 30.4. The smallest absolute Gasteiger partial charge is 0.0713 e. The minimum Gasteiger partial charge on any atom is -0.309 e. The maximum atomic E-state index is 2.59. The summed E-state index contributed by atoms with van der Waals surface area (Å²) in [5, 5.41) is 14.2. The van der Waals surface area contributed by atoms with Gasteiger partial charge in [0.2, 0.25) is 0 Å². The number of nitrogens with zero attached hydrogens (tertiary/aromatic N) is 2. The Labute approximate surface area is 827 Å². The summed E-state index contributed by atoms with van der Waals surface area (Å²) >= 11 is 0. The summed E-state index contributed by atoms with van der Waals surface area (Å²) in [6.45, 7) is 0. The Morgan fingerprint density at radius 1 is 0.127 bits per heavy atom. The minimum absolute atomic E-state index is 0.570. The summed E-state index contributed by atoms with van der Waals surface area (Å²) in [7, 11) is 0. The molecule has 0 atom stereocenters. The third-order valence-corrected chi connectivity index (χ3v) is 30.4. The van der Waals surface area contributed by atoms with Gasteiger partial charge in [-0.3, -0.25) is 0 Å². The van der Waals surface area contributed by atoms with E-state index in [2.05, 4.69) is 568 Å². The number of hydrogen-bond acceptors (Lipinski definition) is 2. The molecular weight excluding hydrogens is 1710 g/mol. The molecule has 0 saturated heterocycles. The van der Waals surface area contributed by atoms with Gasteiger partial charge in [-0.2, -0.15) is 0 Å². The number of fused-ring (bicyclic) bond motifs is 14. The number of anilines is 6. The molecular formula is C140H92N2. The van der Waals surface area contributed by atoms with Crippen molar-refractivity contribution < 1.29 is 0 Å². The van der Waals surface area contributed by atoms with Crippen molar-refractivity contribution in [2.24, 2.45) is 0 Å². The molecule has 0 aromatic heterocycles. The fourth-order valence-electron chi connectivity index (χ4n) is 24.0. The van der Waals surface area contributed by atoms with Crippen LogP contribution in [0.25, 0.3) is 176 Å². The molecule has 0 spiro atoms. The summed E-state index contributed by atoms with van der Waals surface area (Å²) in [5.41, 5.74) is 38.6. The van der Waals surface area contributed by atoms with Gasteiger partial charge < -0.3 is 9.80 Å². The van der Waals surface area contributed by atoms with Gasteiger partial charge >= 0.3 is 0 Å². The second-order valence-electron chi connectivity index (χ2n) is 37.9. The van der Waals surface area contributed by atoms with E-state index in [0.29, 0.717) is 0 Å². The summed E-state index contributed by atoms with van der Waals surface area (Å²) in [6, 6.07) is 209. The van der Waals surface area contributed by atoms with Crippen LogP contribution in [0.4, 0.5) is 34.1 Å². The van der Waals surface area contributed by atoms with E-state index in [0.717, 1.165) is 123 Å². The van der Waals surface area contributed by atoms with Crippen molar-refractivity contribution >= 4 is 98.8 Å². The molecule has 0 amide bonds. The lowest BCUT2D eigenvalue weighted by molar-refractivity contribution is 0.768. The van der Waals surface area contributed by atoms with Crippen LogP contribution in [0.3, 0.4) is 0 Å². The molecule has 0 radical (unpaired) electrons. The largest absolute Gasteiger partial charge is 0.309 e. The van der Waals surface area contributed by atoms with E-state index in [1.165, 1.54) is 132 Å². The van der Waals surface area contributed by atoms with E-state index < -0.39 is 10.8 Å². The molecule has 0 saturated carbocycles. The summed E-state index contributed by atoms with van der Waals surface area (Å²) in [6.07, 6.45) is 0. The molecule has 662 valence electrons. The van der Waals surface area contributed by atoms with E-state index in [1.807, 2.05) is 0 Å². The van der Waals surface area contributed by atoms with Crippen LogP contribution in [0.2, 0.25) is 0 Å². The van der Waals surface area contributed by atoms with Crippen molar-refractivity contribution in [2.75, 3.05) is 9.80 Å². The molecule has 0 unspecified atom stereocenters. The van der Waals surface area contributed by atoms with E-state index in [4.69, 9.17) is 0 Å². The molecule has 2 aliphatic rings. The van der Waals surface area contributed by atoms with Gasteiger partial charge in [0.05, 0.1) is 22.2 Å². The Hall–Kier alpha value is -18.3. The van der Waals surface area contributed by atoms with Crippen LogP contribution < -0.4 is 9.80 Å². The Morgan fingerprint density at radius 3 is 0.908 bits per heavy atom. The Morgan fingerprint density at radius 2 is 0.423 bits per heavy atom. The quantitative estimate of drug-likeness (QED) is 0.0790. The SMILES string of the molecule is c1ccc(-c2ccc(-c3ccc(N(c4ccc5c(c4)-c4ccccc4C5(c4ccccc4)c4ccccc4)c4c(-c5cccc6cc(-c7ccc(-c8ccc(-c9ccc(N(c%10ccc%11c(c%10)-c%10ccccc%10C%11(c%10ccccc%10)c%10ccccc%10)c%10c(-c%11ccc%12ccccc%12c%11)c%11ccccc%11c%11ccccc%10%11)cc9-c9ccccc9)cc8)cc7)ccc56)c5ccccc5c5ccccc45)cc3)cc2)cc1. The second-order valence-corrected chi connectivity index (χ2v) is 37.9. The van der Waals surface area contributed by atoms with E-state index in [9.17, 15) is 0 Å². The van der Waals surface area contributed by atoms with Crippen LogP contribution in [-0.4, -0.2) is 0 Å². The molecule has 2 aliphatic carbocycles. The zero-order chi connectivity index (χ0) is 93.8. The zero-order valence-corrected chi connectivity index (χ0v) is 78.0. The van der Waals surface area contributed by atoms with Crippen molar-refractivity contribution in [2.45, 2.75) is 10.8 Å². The predicted octanol–water partition coefficient (Wildman–Crippen LogP) is 37.6. The highest BCUT2D eigenvalue weighted by Crippen LogP contribution is 2.62. The molecule has 2 heteroatoms. The Bertz CT molecular complexity index is 9140. The normalized spacial score (nSPS) is 12.6. The molecule has 27 rings (SSSR count). The molecule has 25 aromatic carbocycles. The van der Waals surface area contributed by atoms with Crippen LogP contribution in [0.15, 0.2) is 558 Å². The molecule has 2 nitrogen and oxygen atoms in total. The highest BCUT2D eigenvalue weighted by atomic mass is 15.2. The van der Waals surface area contributed by atoms with Crippen LogP contribution in [0.5, 0.6) is 0 Å². The summed E-state index contributed by atoms with van der Waals surface area (Å²) in [4.78, 5) is 5.16. The van der Waals surface area contributed by atoms with Gasteiger partial charge in [0.15, 0.2) is 0 Å². The standard InChI is InChI=1S/C140H92N2/c1-7-34-93(35-8-1)95-62-64-97(65-63-95)99-76-79-111(80-77-99)141(113-82-86-133-129(91-113)121-53-29-31-60-131(121)139(133,107-41-11-3-12-42-107)108-43-13-4-14-44-108)138-127-58-28-24-52-120(127)118-50-22-26-56-125(118)136(138)123-59-33-40-105-88-104(78-84-116(105)123)100-68-66-96(67-69-100)98-70-73-102(74-71-98)115-85-81-112(90-128(115)101-37-9-2-10-38-101)142(137-126-57-27-23-51-119(126)117-49-21-25-55-124(117)135(137)106-75-72-94-36-19-20-39-103(94)89-106)114-83-87-134-130(92-114)122-54-30-32-61-132(122)140(134,109-45-15-5-16-46-109)110-47-17-6-18-48-110/h1-92H. The van der Waals surface area contributed by atoms with Crippen LogP contribution in [0.1, 0.15) is 44.5 Å².